The zero-order chi connectivity index (χ0) is 14.8. The molecule has 1 aromatic heterocycles. The minimum absolute atomic E-state index is 0.458. The molecule has 1 aromatic carbocycles. The number of benzene rings is 1. The van der Waals surface area contributed by atoms with E-state index in [0.29, 0.717) is 6.42 Å². The topological polar surface area (TPSA) is 42.4 Å². The molecule has 3 heteroatoms. The summed E-state index contributed by atoms with van der Waals surface area (Å²) in [5.41, 5.74) is 2.80. The molecule has 2 rings (SSSR count). The minimum atomic E-state index is -0.945. The maximum atomic E-state index is 10.7. The quantitative estimate of drug-likeness (QED) is 0.928. The number of nitrogens with zero attached hydrogens (tertiary/aromatic N) is 1. The fourth-order valence-corrected chi connectivity index (χ4v) is 2.47. The molecule has 0 spiro atoms. The Morgan fingerprint density at radius 1 is 1.20 bits per heavy atom. The Balaban J connectivity index is 2.35. The largest absolute Gasteiger partial charge is 0.496 e. The van der Waals surface area contributed by atoms with Crippen molar-refractivity contribution in [1.29, 1.82) is 0 Å². The fourth-order valence-electron chi connectivity index (χ4n) is 2.47. The Morgan fingerprint density at radius 3 is 2.45 bits per heavy atom. The summed E-state index contributed by atoms with van der Waals surface area (Å²) < 4.78 is 5.41. The molecule has 106 valence electrons. The second-order valence-electron chi connectivity index (χ2n) is 5.36. The van der Waals surface area contributed by atoms with Crippen LogP contribution in [-0.4, -0.2) is 17.2 Å². The summed E-state index contributed by atoms with van der Waals surface area (Å²) in [6.07, 6.45) is 2.25. The summed E-state index contributed by atoms with van der Waals surface area (Å²) >= 11 is 0. The molecule has 0 amide bonds. The van der Waals surface area contributed by atoms with Crippen molar-refractivity contribution >= 4 is 0 Å². The van der Waals surface area contributed by atoms with Crippen molar-refractivity contribution in [1.82, 2.24) is 4.98 Å². The third-order valence-electron chi connectivity index (χ3n) is 3.66. The van der Waals surface area contributed by atoms with E-state index in [2.05, 4.69) is 4.98 Å². The Labute approximate surface area is 120 Å². The van der Waals surface area contributed by atoms with Gasteiger partial charge in [0, 0.05) is 23.7 Å². The molecule has 1 N–H and O–H groups in total. The number of ether oxygens (including phenoxy) is 1. The average molecular weight is 271 g/mol. The molecule has 0 bridgehead atoms. The van der Waals surface area contributed by atoms with Gasteiger partial charge in [0.2, 0.25) is 0 Å². The molecular formula is C17H21NO2. The summed E-state index contributed by atoms with van der Waals surface area (Å²) in [5, 5.41) is 10.7. The number of aliphatic hydroxyl groups is 1. The van der Waals surface area contributed by atoms with E-state index in [1.54, 1.807) is 13.3 Å². The van der Waals surface area contributed by atoms with E-state index in [4.69, 9.17) is 4.74 Å². The van der Waals surface area contributed by atoms with Crippen LogP contribution in [0.2, 0.25) is 0 Å². The average Bonchev–Trinajstić information content (AvgIpc) is 2.44. The van der Waals surface area contributed by atoms with Gasteiger partial charge in [-0.15, -0.1) is 0 Å². The minimum Gasteiger partial charge on any atom is -0.496 e. The Morgan fingerprint density at radius 2 is 1.85 bits per heavy atom. The lowest BCUT2D eigenvalue weighted by Gasteiger charge is -2.25. The normalized spacial score (nSPS) is 13.8. The van der Waals surface area contributed by atoms with Gasteiger partial charge in [0.05, 0.1) is 18.4 Å². The zero-order valence-electron chi connectivity index (χ0n) is 12.5. The molecule has 0 fully saturated rings. The van der Waals surface area contributed by atoms with Gasteiger partial charge in [0.25, 0.3) is 0 Å². The summed E-state index contributed by atoms with van der Waals surface area (Å²) in [5.74, 6) is 0.846. The highest BCUT2D eigenvalue weighted by Gasteiger charge is 2.25. The van der Waals surface area contributed by atoms with Gasteiger partial charge in [-0.2, -0.15) is 0 Å². The van der Waals surface area contributed by atoms with Crippen molar-refractivity contribution in [3.8, 4) is 5.75 Å². The van der Waals surface area contributed by atoms with E-state index in [0.717, 1.165) is 28.1 Å². The van der Waals surface area contributed by atoms with Gasteiger partial charge in [-0.05, 0) is 26.3 Å². The Hall–Kier alpha value is -1.87. The predicted octanol–water partition coefficient (Wildman–Crippen LogP) is 3.16. The summed E-state index contributed by atoms with van der Waals surface area (Å²) in [6, 6.07) is 9.67. The van der Waals surface area contributed by atoms with Gasteiger partial charge >= 0.3 is 0 Å². The van der Waals surface area contributed by atoms with Crippen LogP contribution in [0.15, 0.2) is 36.5 Å². The van der Waals surface area contributed by atoms with E-state index in [1.165, 1.54) is 0 Å². The lowest BCUT2D eigenvalue weighted by molar-refractivity contribution is 0.0563. The van der Waals surface area contributed by atoms with Crippen LogP contribution in [0, 0.1) is 13.8 Å². The number of methoxy groups -OCH3 is 1. The van der Waals surface area contributed by atoms with Gasteiger partial charge in [-0.1, -0.05) is 30.3 Å². The zero-order valence-corrected chi connectivity index (χ0v) is 12.5. The number of aryl methyl sites for hydroxylation is 1. The maximum absolute atomic E-state index is 10.7. The lowest BCUT2D eigenvalue weighted by Crippen LogP contribution is -2.25. The lowest BCUT2D eigenvalue weighted by atomic mass is 9.89. The first kappa shape index (κ1) is 14.5. The monoisotopic (exact) mass is 271 g/mol. The van der Waals surface area contributed by atoms with Gasteiger partial charge in [-0.3, -0.25) is 4.98 Å². The molecule has 2 aromatic rings. The highest BCUT2D eigenvalue weighted by atomic mass is 16.5. The molecule has 0 aliphatic rings. The van der Waals surface area contributed by atoms with E-state index < -0.39 is 5.60 Å². The summed E-state index contributed by atoms with van der Waals surface area (Å²) in [7, 11) is 1.66. The van der Waals surface area contributed by atoms with Crippen LogP contribution >= 0.6 is 0 Å². The number of pyridine rings is 1. The van der Waals surface area contributed by atoms with Gasteiger partial charge in [-0.25, -0.2) is 0 Å². The summed E-state index contributed by atoms with van der Waals surface area (Å²) in [6.45, 7) is 5.77. The van der Waals surface area contributed by atoms with Crippen molar-refractivity contribution in [3.05, 3.63) is 58.9 Å². The molecule has 0 saturated heterocycles. The highest BCUT2D eigenvalue weighted by molar-refractivity contribution is 5.42. The second-order valence-corrected chi connectivity index (χ2v) is 5.36. The second kappa shape index (κ2) is 5.63. The van der Waals surface area contributed by atoms with E-state index >= 15 is 0 Å². The smallest absolute Gasteiger partial charge is 0.128 e. The molecule has 1 unspecified atom stereocenters. The van der Waals surface area contributed by atoms with E-state index in [-0.39, 0.29) is 0 Å². The van der Waals surface area contributed by atoms with Crippen LogP contribution < -0.4 is 4.74 Å². The number of aromatic nitrogens is 1. The van der Waals surface area contributed by atoms with Crippen LogP contribution in [0.3, 0.4) is 0 Å². The van der Waals surface area contributed by atoms with Gasteiger partial charge in [0.1, 0.15) is 5.75 Å². The number of hydrogen-bond donors (Lipinski definition) is 1. The van der Waals surface area contributed by atoms with Crippen LogP contribution in [-0.2, 0) is 12.0 Å². The first-order chi connectivity index (χ1) is 9.45. The molecular weight excluding hydrogens is 250 g/mol. The molecule has 0 saturated carbocycles. The van der Waals surface area contributed by atoms with Crippen molar-refractivity contribution in [2.24, 2.45) is 0 Å². The maximum Gasteiger partial charge on any atom is 0.128 e. The molecule has 0 aliphatic carbocycles. The fraction of sp³-hybridized carbons (Fsp3) is 0.353. The van der Waals surface area contributed by atoms with Crippen LogP contribution in [0.1, 0.15) is 29.3 Å². The van der Waals surface area contributed by atoms with Crippen molar-refractivity contribution in [3.63, 3.8) is 0 Å². The molecule has 1 heterocycles. The number of rotatable bonds is 4. The van der Waals surface area contributed by atoms with Gasteiger partial charge < -0.3 is 9.84 Å². The standard InChI is InChI=1S/C17H21NO2/c1-12-11-18-15(13(2)16(12)20-4)10-17(3,19)14-8-6-5-7-9-14/h5-9,11,19H,10H2,1-4H3. The molecule has 0 radical (unpaired) electrons. The Bertz CT molecular complexity index is 591. The molecule has 20 heavy (non-hydrogen) atoms. The highest BCUT2D eigenvalue weighted by Crippen LogP contribution is 2.30. The van der Waals surface area contributed by atoms with Crippen molar-refractivity contribution < 1.29 is 9.84 Å². The first-order valence-corrected chi connectivity index (χ1v) is 6.72. The molecule has 0 aliphatic heterocycles. The van der Waals surface area contributed by atoms with Crippen LogP contribution in [0.4, 0.5) is 0 Å². The van der Waals surface area contributed by atoms with Crippen molar-refractivity contribution in [2.45, 2.75) is 32.8 Å². The predicted molar refractivity (Wildman–Crippen MR) is 80.0 cm³/mol. The third kappa shape index (κ3) is 2.83. The van der Waals surface area contributed by atoms with Crippen molar-refractivity contribution in [2.75, 3.05) is 7.11 Å². The third-order valence-corrected chi connectivity index (χ3v) is 3.66. The Kier molecular flexibility index (Phi) is 4.09. The molecule has 1 atom stereocenters. The van der Waals surface area contributed by atoms with Gasteiger partial charge in [0.15, 0.2) is 0 Å². The first-order valence-electron chi connectivity index (χ1n) is 6.72. The summed E-state index contributed by atoms with van der Waals surface area (Å²) in [4.78, 5) is 4.46. The van der Waals surface area contributed by atoms with E-state index in [1.807, 2.05) is 51.1 Å². The van der Waals surface area contributed by atoms with E-state index in [9.17, 15) is 5.11 Å². The SMILES string of the molecule is COc1c(C)cnc(CC(C)(O)c2ccccc2)c1C. The number of hydrogen-bond acceptors (Lipinski definition) is 3. The van der Waals surface area contributed by atoms with Crippen LogP contribution in [0.25, 0.3) is 0 Å². The van der Waals surface area contributed by atoms with Crippen LogP contribution in [0.5, 0.6) is 5.75 Å². The molecule has 3 nitrogen and oxygen atoms in total.